The summed E-state index contributed by atoms with van der Waals surface area (Å²) < 4.78 is 0. The maximum absolute atomic E-state index is 13.1. The molecule has 1 aliphatic carbocycles. The molecule has 2 aliphatic rings. The summed E-state index contributed by atoms with van der Waals surface area (Å²) in [5, 5.41) is 11.6. The summed E-state index contributed by atoms with van der Waals surface area (Å²) in [5.41, 5.74) is 2.03. The molecule has 1 saturated heterocycles. The molecule has 1 aromatic carbocycles. The van der Waals surface area contributed by atoms with Crippen LogP contribution in [0.25, 0.3) is 11.3 Å². The Hall–Kier alpha value is -1.82. The van der Waals surface area contributed by atoms with Gasteiger partial charge in [-0.2, -0.15) is 27.2 Å². The van der Waals surface area contributed by atoms with Gasteiger partial charge in [0.25, 0.3) is 5.91 Å². The van der Waals surface area contributed by atoms with Crippen molar-refractivity contribution in [3.63, 3.8) is 0 Å². The molecule has 1 N–H and O–H groups in total. The van der Waals surface area contributed by atoms with Crippen molar-refractivity contribution in [3.8, 4) is 11.3 Å². The topological polar surface area (TPSA) is 61.9 Å². The van der Waals surface area contributed by atoms with Crippen LogP contribution >= 0.6 is 11.8 Å². The van der Waals surface area contributed by atoms with Crippen LogP contribution in [0.3, 0.4) is 0 Å². The van der Waals surface area contributed by atoms with E-state index in [4.69, 9.17) is 0 Å². The quantitative estimate of drug-likeness (QED) is 0.920. The molecule has 1 aromatic heterocycles. The maximum Gasteiger partial charge on any atom is 0.277 e. The van der Waals surface area contributed by atoms with E-state index in [9.17, 15) is 4.79 Å². The van der Waals surface area contributed by atoms with E-state index < -0.39 is 0 Å². The van der Waals surface area contributed by atoms with E-state index in [2.05, 4.69) is 15.4 Å². The van der Waals surface area contributed by atoms with Crippen molar-refractivity contribution in [2.45, 2.75) is 37.0 Å². The van der Waals surface area contributed by atoms with Crippen LogP contribution in [0.1, 0.15) is 36.2 Å². The molecule has 1 saturated carbocycles. The molecule has 2 heterocycles. The molecular weight excluding hydrogens is 308 g/mol. The normalized spacial score (nSPS) is 24.3. The van der Waals surface area contributed by atoms with Gasteiger partial charge in [0.2, 0.25) is 0 Å². The lowest BCUT2D eigenvalue weighted by Gasteiger charge is -2.43. The van der Waals surface area contributed by atoms with Crippen molar-refractivity contribution in [2.24, 2.45) is 0 Å². The number of carbonyl (C=O) groups excluding carboxylic acids is 1. The molecule has 1 aliphatic heterocycles. The molecule has 120 valence electrons. The Morgan fingerprint density at radius 1 is 1.17 bits per heavy atom. The number of nitrogens with one attached hydrogen (secondary N) is 1. The Kier molecular flexibility index (Phi) is 4.08. The molecule has 5 nitrogen and oxygen atoms in total. The van der Waals surface area contributed by atoms with Gasteiger partial charge in [-0.15, -0.1) is 0 Å². The molecule has 4 rings (SSSR count). The summed E-state index contributed by atoms with van der Waals surface area (Å²) in [6.07, 6.45) is 4.84. The van der Waals surface area contributed by atoms with Gasteiger partial charge >= 0.3 is 0 Å². The van der Waals surface area contributed by atoms with Crippen LogP contribution in [0.15, 0.2) is 30.3 Å². The average molecular weight is 328 g/mol. The van der Waals surface area contributed by atoms with Gasteiger partial charge in [-0.25, -0.2) is 0 Å². The zero-order valence-electron chi connectivity index (χ0n) is 12.9. The van der Waals surface area contributed by atoms with Gasteiger partial charge in [-0.1, -0.05) is 43.2 Å². The Balaban J connectivity index is 1.63. The van der Waals surface area contributed by atoms with Crippen molar-refractivity contribution in [1.82, 2.24) is 20.3 Å². The number of hydrogen-bond donors (Lipinski definition) is 1. The van der Waals surface area contributed by atoms with E-state index in [1.54, 1.807) is 0 Å². The van der Waals surface area contributed by atoms with Crippen LogP contribution < -0.4 is 0 Å². The third kappa shape index (κ3) is 2.76. The number of thioether (sulfide) groups is 1. The van der Waals surface area contributed by atoms with Gasteiger partial charge in [0.05, 0.1) is 0 Å². The van der Waals surface area contributed by atoms with Gasteiger partial charge in [-0.05, 0) is 12.8 Å². The number of rotatable bonds is 2. The minimum atomic E-state index is 0.0230. The van der Waals surface area contributed by atoms with Crippen LogP contribution in [0, 0.1) is 0 Å². The number of nitrogens with zero attached hydrogens (tertiary/aromatic N) is 3. The van der Waals surface area contributed by atoms with Crippen molar-refractivity contribution in [1.29, 1.82) is 0 Å². The van der Waals surface area contributed by atoms with Crippen molar-refractivity contribution < 1.29 is 4.79 Å². The second kappa shape index (κ2) is 6.35. The second-order valence-electron chi connectivity index (χ2n) is 6.15. The lowest BCUT2D eigenvalue weighted by Crippen LogP contribution is -2.51. The van der Waals surface area contributed by atoms with E-state index in [1.807, 2.05) is 47.0 Å². The molecule has 0 bridgehead atoms. The predicted molar refractivity (Wildman–Crippen MR) is 91.4 cm³/mol. The fourth-order valence-corrected chi connectivity index (χ4v) is 5.11. The summed E-state index contributed by atoms with van der Waals surface area (Å²) in [6.45, 7) is 0.811. The third-order valence-electron chi connectivity index (χ3n) is 4.79. The molecule has 23 heavy (non-hydrogen) atoms. The van der Waals surface area contributed by atoms with Gasteiger partial charge in [0, 0.05) is 29.2 Å². The maximum atomic E-state index is 13.1. The van der Waals surface area contributed by atoms with Gasteiger partial charge in [-0.3, -0.25) is 4.79 Å². The first-order valence-corrected chi connectivity index (χ1v) is 9.28. The Bertz CT molecular complexity index is 685. The number of amides is 1. The first-order valence-electron chi connectivity index (χ1n) is 8.23. The van der Waals surface area contributed by atoms with Crippen molar-refractivity contribution in [2.75, 3.05) is 12.3 Å². The molecule has 2 aromatic rings. The van der Waals surface area contributed by atoms with Crippen LogP contribution in [-0.2, 0) is 0 Å². The van der Waals surface area contributed by atoms with Crippen LogP contribution in [0.4, 0.5) is 0 Å². The van der Waals surface area contributed by atoms with E-state index in [0.717, 1.165) is 24.3 Å². The van der Waals surface area contributed by atoms with E-state index in [1.165, 1.54) is 19.3 Å². The smallest absolute Gasteiger partial charge is 0.277 e. The molecule has 2 atom stereocenters. The number of aromatic amines is 1. The van der Waals surface area contributed by atoms with Crippen molar-refractivity contribution in [3.05, 3.63) is 36.0 Å². The van der Waals surface area contributed by atoms with Crippen molar-refractivity contribution >= 4 is 17.7 Å². The summed E-state index contributed by atoms with van der Waals surface area (Å²) in [7, 11) is 0. The highest BCUT2D eigenvalue weighted by Gasteiger charge is 2.38. The molecule has 0 unspecified atom stereocenters. The van der Waals surface area contributed by atoms with E-state index in [-0.39, 0.29) is 5.91 Å². The largest absolute Gasteiger partial charge is 0.332 e. The third-order valence-corrected chi connectivity index (χ3v) is 6.19. The van der Waals surface area contributed by atoms with Crippen LogP contribution in [0.5, 0.6) is 0 Å². The molecule has 0 spiro atoms. The van der Waals surface area contributed by atoms with Gasteiger partial charge in [0.15, 0.2) is 5.69 Å². The number of aromatic nitrogens is 3. The molecule has 2 fully saturated rings. The minimum Gasteiger partial charge on any atom is -0.332 e. The first-order chi connectivity index (χ1) is 11.3. The monoisotopic (exact) mass is 328 g/mol. The zero-order valence-corrected chi connectivity index (χ0v) is 13.8. The number of hydrogen-bond acceptors (Lipinski definition) is 4. The highest BCUT2D eigenvalue weighted by Crippen LogP contribution is 2.36. The Morgan fingerprint density at radius 2 is 2.00 bits per heavy atom. The summed E-state index contributed by atoms with van der Waals surface area (Å²) >= 11 is 2.03. The summed E-state index contributed by atoms with van der Waals surface area (Å²) in [5.74, 6) is 1.04. The Labute approximate surface area is 139 Å². The number of carbonyl (C=O) groups is 1. The summed E-state index contributed by atoms with van der Waals surface area (Å²) in [6, 6.07) is 10.1. The van der Waals surface area contributed by atoms with Crippen LogP contribution in [-0.4, -0.2) is 49.8 Å². The standard InChI is InChI=1S/C17H20N4OS/c22-17(21-10-11-23-14-9-5-4-8-13(14)21)16-15(18-20-19-16)12-6-2-1-3-7-12/h1-3,6-7,13-14H,4-5,8-11H2,(H,18,19,20)/t13-,14+/m1/s1. The lowest BCUT2D eigenvalue weighted by molar-refractivity contribution is 0.0641. The predicted octanol–water partition coefficient (Wildman–Crippen LogP) is 2.97. The average Bonchev–Trinajstić information content (AvgIpc) is 3.11. The molecule has 1 amide bonds. The number of fused-ring (bicyclic) bond motifs is 1. The summed E-state index contributed by atoms with van der Waals surface area (Å²) in [4.78, 5) is 15.2. The number of H-pyrrole nitrogens is 1. The highest BCUT2D eigenvalue weighted by molar-refractivity contribution is 8.00. The zero-order chi connectivity index (χ0) is 15.6. The molecule has 6 heteroatoms. The fourth-order valence-electron chi connectivity index (χ4n) is 3.66. The van der Waals surface area contributed by atoms with Crippen LogP contribution in [0.2, 0.25) is 0 Å². The van der Waals surface area contributed by atoms with E-state index in [0.29, 0.717) is 22.7 Å². The first kappa shape index (κ1) is 14.8. The minimum absolute atomic E-state index is 0.0230. The van der Waals surface area contributed by atoms with Gasteiger partial charge < -0.3 is 4.90 Å². The highest BCUT2D eigenvalue weighted by atomic mass is 32.2. The van der Waals surface area contributed by atoms with Gasteiger partial charge in [0.1, 0.15) is 5.69 Å². The molecular formula is C17H20N4OS. The molecule has 0 radical (unpaired) electrons. The van der Waals surface area contributed by atoms with E-state index >= 15 is 0 Å². The SMILES string of the molecule is O=C(c1n[nH]nc1-c1ccccc1)N1CCS[C@H]2CCCC[C@H]21. The Morgan fingerprint density at radius 3 is 2.87 bits per heavy atom. The second-order valence-corrected chi connectivity index (χ2v) is 7.49. The fraction of sp³-hybridized carbons (Fsp3) is 0.471. The number of benzene rings is 1. The lowest BCUT2D eigenvalue weighted by atomic mass is 9.93.